The Balaban J connectivity index is 1.15. The standard InChI is InChI=1S/C33H36N4O4/c1-2-29(38)35-16-13-33(14-17-35)32(40)37(21-22-11-15-36(20-22)31(39)26-8-9-26)30(34-33)25-6-3-23(4-7-25)27-10-5-24-12-18-41-28(24)19-27/h3-7,10,12,18-19,22,26H,2,8-9,11,13-17,20-21H2,1H3/t22-/m1/s1. The van der Waals surface area contributed by atoms with Crippen LogP contribution in [0.3, 0.4) is 0 Å². The molecule has 7 rings (SSSR count). The Kier molecular flexibility index (Phi) is 6.44. The number of likely N-dealkylation sites (tertiary alicyclic amines) is 2. The molecule has 41 heavy (non-hydrogen) atoms. The fourth-order valence-corrected chi connectivity index (χ4v) is 6.70. The lowest BCUT2D eigenvalue weighted by molar-refractivity contribution is -0.138. The normalized spacial score (nSPS) is 22.2. The molecule has 4 aliphatic rings. The third-order valence-electron chi connectivity index (χ3n) is 9.36. The number of rotatable bonds is 6. The zero-order valence-electron chi connectivity index (χ0n) is 23.6. The minimum Gasteiger partial charge on any atom is -0.464 e. The predicted molar refractivity (Wildman–Crippen MR) is 156 cm³/mol. The maximum Gasteiger partial charge on any atom is 0.256 e. The molecule has 1 saturated carbocycles. The number of hydrogen-bond acceptors (Lipinski definition) is 5. The van der Waals surface area contributed by atoms with Gasteiger partial charge in [0.05, 0.1) is 6.26 Å². The topological polar surface area (TPSA) is 86.4 Å². The summed E-state index contributed by atoms with van der Waals surface area (Å²) in [6, 6.07) is 16.4. The number of furan rings is 1. The molecule has 0 unspecified atom stereocenters. The van der Waals surface area contributed by atoms with Crippen LogP contribution in [0.25, 0.3) is 22.1 Å². The van der Waals surface area contributed by atoms with Crippen LogP contribution in [0.15, 0.2) is 64.2 Å². The number of amides is 3. The molecule has 1 spiro atoms. The van der Waals surface area contributed by atoms with Crippen molar-refractivity contribution in [3.05, 3.63) is 60.4 Å². The van der Waals surface area contributed by atoms with Gasteiger partial charge in [-0.15, -0.1) is 0 Å². The SMILES string of the molecule is CCC(=O)N1CCC2(CC1)N=C(c1ccc(-c3ccc4ccoc4c3)cc1)N(C[C@@H]1CCN(C(=O)C3CC3)C1)C2=O. The maximum absolute atomic E-state index is 14.1. The summed E-state index contributed by atoms with van der Waals surface area (Å²) >= 11 is 0. The summed E-state index contributed by atoms with van der Waals surface area (Å²) in [4.78, 5) is 50.1. The van der Waals surface area contributed by atoms with Gasteiger partial charge in [0.2, 0.25) is 11.8 Å². The quantitative estimate of drug-likeness (QED) is 0.443. The summed E-state index contributed by atoms with van der Waals surface area (Å²) in [6.07, 6.45) is 6.16. The Hall–Kier alpha value is -3.94. The average molecular weight is 553 g/mol. The van der Waals surface area contributed by atoms with E-state index < -0.39 is 5.54 Å². The van der Waals surface area contributed by atoms with Gasteiger partial charge in [-0.25, -0.2) is 0 Å². The van der Waals surface area contributed by atoms with Crippen molar-refractivity contribution >= 4 is 34.5 Å². The third-order valence-corrected chi connectivity index (χ3v) is 9.36. The Labute approximate surface area is 240 Å². The van der Waals surface area contributed by atoms with Crippen molar-refractivity contribution < 1.29 is 18.8 Å². The van der Waals surface area contributed by atoms with Gasteiger partial charge in [-0.3, -0.25) is 24.3 Å². The van der Waals surface area contributed by atoms with Gasteiger partial charge in [-0.1, -0.05) is 43.3 Å². The Bertz CT molecular complexity index is 1530. The number of hydrogen-bond donors (Lipinski definition) is 0. The van der Waals surface area contributed by atoms with E-state index in [1.165, 1.54) is 0 Å². The van der Waals surface area contributed by atoms with E-state index in [0.717, 1.165) is 53.5 Å². The van der Waals surface area contributed by atoms with Crippen LogP contribution in [-0.2, 0) is 14.4 Å². The second-order valence-electron chi connectivity index (χ2n) is 12.1. The van der Waals surface area contributed by atoms with E-state index in [-0.39, 0.29) is 29.6 Å². The second-order valence-corrected chi connectivity index (χ2v) is 12.1. The van der Waals surface area contributed by atoms with Crippen molar-refractivity contribution in [1.82, 2.24) is 14.7 Å². The Morgan fingerprint density at radius 1 is 0.927 bits per heavy atom. The highest BCUT2D eigenvalue weighted by Gasteiger charge is 2.51. The molecular formula is C33H36N4O4. The summed E-state index contributed by atoms with van der Waals surface area (Å²) < 4.78 is 5.59. The summed E-state index contributed by atoms with van der Waals surface area (Å²) in [7, 11) is 0. The third kappa shape index (κ3) is 4.73. The van der Waals surface area contributed by atoms with E-state index in [9.17, 15) is 14.4 Å². The summed E-state index contributed by atoms with van der Waals surface area (Å²) in [5.41, 5.74) is 3.06. The van der Waals surface area contributed by atoms with Crippen molar-refractivity contribution in [2.24, 2.45) is 16.8 Å². The first-order chi connectivity index (χ1) is 19.9. The van der Waals surface area contributed by atoms with Gasteiger partial charge < -0.3 is 14.2 Å². The first-order valence-corrected chi connectivity index (χ1v) is 15.0. The van der Waals surface area contributed by atoms with Gasteiger partial charge in [-0.2, -0.15) is 0 Å². The minimum atomic E-state index is -0.828. The van der Waals surface area contributed by atoms with Gasteiger partial charge in [0, 0.05) is 56.0 Å². The van der Waals surface area contributed by atoms with Gasteiger partial charge in [-0.05, 0) is 61.3 Å². The van der Waals surface area contributed by atoms with Crippen molar-refractivity contribution in [3.8, 4) is 11.1 Å². The summed E-state index contributed by atoms with van der Waals surface area (Å²) in [5, 5.41) is 1.07. The first kappa shape index (κ1) is 26.0. The molecule has 3 aliphatic heterocycles. The van der Waals surface area contributed by atoms with Crippen LogP contribution >= 0.6 is 0 Å². The van der Waals surface area contributed by atoms with Crippen molar-refractivity contribution in [1.29, 1.82) is 0 Å². The fraction of sp³-hybridized carbons (Fsp3) is 0.455. The molecule has 0 radical (unpaired) electrons. The van der Waals surface area contributed by atoms with Crippen LogP contribution in [0.2, 0.25) is 0 Å². The zero-order chi connectivity index (χ0) is 28.1. The maximum atomic E-state index is 14.1. The van der Waals surface area contributed by atoms with Crippen LogP contribution in [-0.4, -0.2) is 76.5 Å². The lowest BCUT2D eigenvalue weighted by atomic mass is 9.87. The molecule has 8 heteroatoms. The average Bonchev–Trinajstić information content (AvgIpc) is 3.46. The summed E-state index contributed by atoms with van der Waals surface area (Å²) in [6.45, 7) is 4.99. The molecule has 3 amide bonds. The number of piperidine rings is 1. The van der Waals surface area contributed by atoms with Crippen LogP contribution in [0.1, 0.15) is 51.0 Å². The molecule has 2 aromatic carbocycles. The molecule has 1 aliphatic carbocycles. The highest BCUT2D eigenvalue weighted by Crippen LogP contribution is 2.38. The fourth-order valence-electron chi connectivity index (χ4n) is 6.70. The molecule has 0 N–H and O–H groups in total. The van der Waals surface area contributed by atoms with Gasteiger partial charge in [0.25, 0.3) is 5.91 Å². The number of carbonyl (C=O) groups excluding carboxylic acids is 3. The largest absolute Gasteiger partial charge is 0.464 e. The lowest BCUT2D eigenvalue weighted by Gasteiger charge is -2.36. The number of aliphatic imine (C=N–C) groups is 1. The van der Waals surface area contributed by atoms with E-state index >= 15 is 0 Å². The molecule has 1 aromatic heterocycles. The second kappa shape index (κ2) is 10.2. The van der Waals surface area contributed by atoms with E-state index in [1.54, 1.807) is 6.26 Å². The van der Waals surface area contributed by atoms with Gasteiger partial charge >= 0.3 is 0 Å². The number of amidine groups is 1. The first-order valence-electron chi connectivity index (χ1n) is 15.0. The highest BCUT2D eigenvalue weighted by molar-refractivity contribution is 6.15. The van der Waals surface area contributed by atoms with E-state index in [1.807, 2.05) is 45.9 Å². The lowest BCUT2D eigenvalue weighted by Crippen LogP contribution is -2.52. The summed E-state index contributed by atoms with van der Waals surface area (Å²) in [5.74, 6) is 1.59. The van der Waals surface area contributed by atoms with Gasteiger partial charge in [0.1, 0.15) is 17.0 Å². The van der Waals surface area contributed by atoms with E-state index in [4.69, 9.17) is 9.41 Å². The molecule has 3 aromatic rings. The predicted octanol–water partition coefficient (Wildman–Crippen LogP) is 4.72. The number of benzene rings is 2. The van der Waals surface area contributed by atoms with Crippen molar-refractivity contribution in [2.45, 2.75) is 51.0 Å². The van der Waals surface area contributed by atoms with Crippen LogP contribution in [0, 0.1) is 11.8 Å². The van der Waals surface area contributed by atoms with E-state index in [0.29, 0.717) is 51.3 Å². The van der Waals surface area contributed by atoms with Crippen molar-refractivity contribution in [2.75, 3.05) is 32.7 Å². The van der Waals surface area contributed by atoms with Crippen LogP contribution in [0.5, 0.6) is 0 Å². The molecule has 212 valence electrons. The number of nitrogens with zero attached hydrogens (tertiary/aromatic N) is 4. The van der Waals surface area contributed by atoms with E-state index in [2.05, 4.69) is 24.3 Å². The minimum absolute atomic E-state index is 0.0374. The monoisotopic (exact) mass is 552 g/mol. The van der Waals surface area contributed by atoms with Crippen molar-refractivity contribution in [3.63, 3.8) is 0 Å². The Morgan fingerprint density at radius 2 is 1.66 bits per heavy atom. The number of fused-ring (bicyclic) bond motifs is 1. The molecule has 8 nitrogen and oxygen atoms in total. The van der Waals surface area contributed by atoms with Crippen LogP contribution in [0.4, 0.5) is 0 Å². The zero-order valence-corrected chi connectivity index (χ0v) is 23.6. The molecule has 3 fully saturated rings. The molecule has 1 atom stereocenters. The molecular weight excluding hydrogens is 516 g/mol. The Morgan fingerprint density at radius 3 is 2.39 bits per heavy atom. The van der Waals surface area contributed by atoms with Crippen LogP contribution < -0.4 is 0 Å². The van der Waals surface area contributed by atoms with Gasteiger partial charge in [0.15, 0.2) is 0 Å². The highest BCUT2D eigenvalue weighted by atomic mass is 16.3. The smallest absolute Gasteiger partial charge is 0.256 e. The molecule has 4 heterocycles. The molecule has 2 saturated heterocycles. The number of carbonyl (C=O) groups is 3. The molecule has 0 bridgehead atoms.